The van der Waals surface area contributed by atoms with Crippen LogP contribution in [0.4, 0.5) is 5.69 Å². The van der Waals surface area contributed by atoms with E-state index < -0.39 is 0 Å². The van der Waals surface area contributed by atoms with Crippen LogP contribution < -0.4 is 15.4 Å². The van der Waals surface area contributed by atoms with Gasteiger partial charge in [-0.05, 0) is 12.1 Å². The highest BCUT2D eigenvalue weighted by molar-refractivity contribution is 6.32. The highest BCUT2D eigenvalue weighted by Crippen LogP contribution is 2.35. The fourth-order valence-electron chi connectivity index (χ4n) is 2.06. The minimum absolute atomic E-state index is 0.128. The van der Waals surface area contributed by atoms with Crippen LogP contribution in [0.2, 0.25) is 5.02 Å². The van der Waals surface area contributed by atoms with E-state index in [0.29, 0.717) is 35.8 Å². The Hall–Kier alpha value is -1.26. The van der Waals surface area contributed by atoms with Crippen molar-refractivity contribution in [2.24, 2.45) is 5.73 Å². The molecule has 1 aliphatic rings. The lowest BCUT2D eigenvalue weighted by Gasteiger charge is -2.30. The predicted octanol–water partition coefficient (Wildman–Crippen LogP) is 1.70. The SMILES string of the molecule is COc1cc2c(cc1Cl)N(CCN)CCC2=O. The minimum atomic E-state index is 0.128. The Kier molecular flexibility index (Phi) is 3.54. The number of ketones is 1. The van der Waals surface area contributed by atoms with Gasteiger partial charge < -0.3 is 15.4 Å². The molecule has 0 amide bonds. The van der Waals surface area contributed by atoms with Gasteiger partial charge in [0.25, 0.3) is 0 Å². The van der Waals surface area contributed by atoms with Crippen molar-refractivity contribution >= 4 is 23.1 Å². The van der Waals surface area contributed by atoms with Gasteiger partial charge in [0.2, 0.25) is 0 Å². The molecule has 0 fully saturated rings. The van der Waals surface area contributed by atoms with Gasteiger partial charge in [-0.3, -0.25) is 4.79 Å². The molecule has 0 aliphatic carbocycles. The van der Waals surface area contributed by atoms with Crippen molar-refractivity contribution in [3.05, 3.63) is 22.7 Å². The Labute approximate surface area is 105 Å². The molecule has 0 atom stereocenters. The first kappa shape index (κ1) is 12.2. The molecular formula is C12H15ClN2O2. The number of carbonyl (C=O) groups excluding carboxylic acids is 1. The fourth-order valence-corrected chi connectivity index (χ4v) is 2.30. The predicted molar refractivity (Wildman–Crippen MR) is 68.2 cm³/mol. The monoisotopic (exact) mass is 254 g/mol. The molecule has 1 aliphatic heterocycles. The van der Waals surface area contributed by atoms with E-state index in [1.807, 2.05) is 0 Å². The summed E-state index contributed by atoms with van der Waals surface area (Å²) in [6.07, 6.45) is 0.512. The van der Waals surface area contributed by atoms with E-state index in [0.717, 1.165) is 12.2 Å². The number of nitrogens with two attached hydrogens (primary N) is 1. The zero-order valence-electron chi connectivity index (χ0n) is 9.70. The van der Waals surface area contributed by atoms with Gasteiger partial charge in [0, 0.05) is 37.3 Å². The first-order valence-electron chi connectivity index (χ1n) is 5.53. The number of ether oxygens (including phenoxy) is 1. The summed E-state index contributed by atoms with van der Waals surface area (Å²) in [5.41, 5.74) is 7.09. The minimum Gasteiger partial charge on any atom is -0.495 e. The van der Waals surface area contributed by atoms with Crippen LogP contribution in [-0.2, 0) is 0 Å². The van der Waals surface area contributed by atoms with Gasteiger partial charge in [0.1, 0.15) is 5.75 Å². The molecule has 0 spiro atoms. The highest BCUT2D eigenvalue weighted by Gasteiger charge is 2.24. The topological polar surface area (TPSA) is 55.6 Å². The Morgan fingerprint density at radius 1 is 1.53 bits per heavy atom. The van der Waals surface area contributed by atoms with Crippen LogP contribution in [0.1, 0.15) is 16.8 Å². The Bertz CT molecular complexity index is 448. The number of fused-ring (bicyclic) bond motifs is 1. The zero-order valence-corrected chi connectivity index (χ0v) is 10.5. The lowest BCUT2D eigenvalue weighted by molar-refractivity contribution is 0.0979. The number of Topliss-reactive ketones (excluding diaryl/α,β-unsaturated/α-hetero) is 1. The van der Waals surface area contributed by atoms with Gasteiger partial charge in [-0.25, -0.2) is 0 Å². The lowest BCUT2D eigenvalue weighted by Crippen LogP contribution is -2.35. The van der Waals surface area contributed by atoms with E-state index in [2.05, 4.69) is 4.90 Å². The molecule has 0 saturated heterocycles. The van der Waals surface area contributed by atoms with Crippen LogP contribution in [0, 0.1) is 0 Å². The van der Waals surface area contributed by atoms with Gasteiger partial charge >= 0.3 is 0 Å². The molecule has 92 valence electrons. The van der Waals surface area contributed by atoms with Crippen molar-refractivity contribution in [3.63, 3.8) is 0 Å². The second kappa shape index (κ2) is 4.94. The number of anilines is 1. The largest absolute Gasteiger partial charge is 0.495 e. The third-order valence-electron chi connectivity index (χ3n) is 2.92. The van der Waals surface area contributed by atoms with Gasteiger partial charge in [0.15, 0.2) is 5.78 Å². The summed E-state index contributed by atoms with van der Waals surface area (Å²) < 4.78 is 5.13. The third kappa shape index (κ3) is 2.23. The highest BCUT2D eigenvalue weighted by atomic mass is 35.5. The molecule has 2 N–H and O–H groups in total. The molecule has 0 saturated carbocycles. The number of nitrogens with zero attached hydrogens (tertiary/aromatic N) is 1. The van der Waals surface area contributed by atoms with Crippen LogP contribution in [-0.4, -0.2) is 32.5 Å². The molecule has 1 aromatic carbocycles. The normalized spacial score (nSPS) is 14.8. The van der Waals surface area contributed by atoms with Crippen LogP contribution >= 0.6 is 11.6 Å². The summed E-state index contributed by atoms with van der Waals surface area (Å²) >= 11 is 6.08. The molecule has 2 rings (SSSR count). The molecule has 1 aromatic rings. The molecule has 1 heterocycles. The summed E-state index contributed by atoms with van der Waals surface area (Å²) in [7, 11) is 1.54. The van der Waals surface area contributed by atoms with E-state index in [9.17, 15) is 4.79 Å². The molecule has 0 radical (unpaired) electrons. The maximum absolute atomic E-state index is 11.9. The zero-order chi connectivity index (χ0) is 12.4. The number of carbonyl (C=O) groups is 1. The van der Waals surface area contributed by atoms with Gasteiger partial charge in [0.05, 0.1) is 12.1 Å². The van der Waals surface area contributed by atoms with Crippen molar-refractivity contribution in [1.82, 2.24) is 0 Å². The van der Waals surface area contributed by atoms with Crippen molar-refractivity contribution in [2.75, 3.05) is 31.6 Å². The maximum Gasteiger partial charge on any atom is 0.166 e. The van der Waals surface area contributed by atoms with Gasteiger partial charge in [-0.1, -0.05) is 11.6 Å². The van der Waals surface area contributed by atoms with E-state index in [-0.39, 0.29) is 5.78 Å². The number of benzene rings is 1. The number of methoxy groups -OCH3 is 1. The number of hydrogen-bond donors (Lipinski definition) is 1. The van der Waals surface area contributed by atoms with Gasteiger partial charge in [-0.15, -0.1) is 0 Å². The van der Waals surface area contributed by atoms with Crippen LogP contribution in [0.25, 0.3) is 0 Å². The summed E-state index contributed by atoms with van der Waals surface area (Å²) in [4.78, 5) is 13.9. The lowest BCUT2D eigenvalue weighted by atomic mass is 10.00. The molecule has 0 aromatic heterocycles. The first-order chi connectivity index (χ1) is 8.17. The van der Waals surface area contributed by atoms with Gasteiger partial charge in [-0.2, -0.15) is 0 Å². The number of rotatable bonds is 3. The molecule has 4 nitrogen and oxygen atoms in total. The van der Waals surface area contributed by atoms with E-state index in [4.69, 9.17) is 22.1 Å². The fraction of sp³-hybridized carbons (Fsp3) is 0.417. The standard InChI is InChI=1S/C12H15ClN2O2/c1-17-12-6-8-10(7-9(12)13)15(5-3-14)4-2-11(8)16/h6-7H,2-5,14H2,1H3. The molecule has 17 heavy (non-hydrogen) atoms. The first-order valence-corrected chi connectivity index (χ1v) is 5.91. The quantitative estimate of drug-likeness (QED) is 0.892. The van der Waals surface area contributed by atoms with Crippen molar-refractivity contribution in [2.45, 2.75) is 6.42 Å². The second-order valence-electron chi connectivity index (χ2n) is 3.95. The second-order valence-corrected chi connectivity index (χ2v) is 4.36. The molecule has 5 heteroatoms. The van der Waals surface area contributed by atoms with Crippen LogP contribution in [0.5, 0.6) is 5.75 Å². The van der Waals surface area contributed by atoms with Crippen LogP contribution in [0.3, 0.4) is 0 Å². The molecule has 0 unspecified atom stereocenters. The van der Waals surface area contributed by atoms with Crippen molar-refractivity contribution in [1.29, 1.82) is 0 Å². The Morgan fingerprint density at radius 2 is 2.29 bits per heavy atom. The van der Waals surface area contributed by atoms with Crippen LogP contribution in [0.15, 0.2) is 12.1 Å². The van der Waals surface area contributed by atoms with E-state index in [1.54, 1.807) is 19.2 Å². The smallest absolute Gasteiger partial charge is 0.166 e. The Balaban J connectivity index is 2.48. The molecular weight excluding hydrogens is 240 g/mol. The summed E-state index contributed by atoms with van der Waals surface area (Å²) in [5.74, 6) is 0.664. The maximum atomic E-state index is 11.9. The average molecular weight is 255 g/mol. The number of halogens is 1. The van der Waals surface area contributed by atoms with E-state index >= 15 is 0 Å². The Morgan fingerprint density at radius 3 is 2.94 bits per heavy atom. The summed E-state index contributed by atoms with van der Waals surface area (Å²) in [6, 6.07) is 3.49. The number of hydrogen-bond acceptors (Lipinski definition) is 4. The van der Waals surface area contributed by atoms with Crippen molar-refractivity contribution in [3.8, 4) is 5.75 Å². The average Bonchev–Trinajstić information content (AvgIpc) is 2.32. The van der Waals surface area contributed by atoms with Crippen molar-refractivity contribution < 1.29 is 9.53 Å². The van der Waals surface area contributed by atoms with E-state index in [1.165, 1.54) is 0 Å². The summed E-state index contributed by atoms with van der Waals surface area (Å²) in [6.45, 7) is 1.98. The molecule has 0 bridgehead atoms. The third-order valence-corrected chi connectivity index (χ3v) is 3.21. The summed E-state index contributed by atoms with van der Waals surface area (Å²) in [5, 5.41) is 0.517.